The molecule has 1 heterocycles. The van der Waals surface area contributed by atoms with E-state index in [0.29, 0.717) is 18.2 Å². The maximum Gasteiger partial charge on any atom is 0.239 e. The van der Waals surface area contributed by atoms with Gasteiger partial charge < -0.3 is 10.1 Å². The number of thioether (sulfide) groups is 1. The molecule has 1 amide bonds. The van der Waals surface area contributed by atoms with Crippen molar-refractivity contribution in [2.75, 3.05) is 6.61 Å². The number of aliphatic imine (C=N–C) groups is 1. The van der Waals surface area contributed by atoms with Gasteiger partial charge in [-0.1, -0.05) is 39.8 Å². The summed E-state index contributed by atoms with van der Waals surface area (Å²) < 4.78 is 6.44. The zero-order chi connectivity index (χ0) is 16.9. The van der Waals surface area contributed by atoms with E-state index >= 15 is 0 Å². The van der Waals surface area contributed by atoms with Crippen molar-refractivity contribution >= 4 is 44.5 Å². The maximum absolute atomic E-state index is 12.2. The predicted molar refractivity (Wildman–Crippen MR) is 102 cm³/mol. The maximum atomic E-state index is 12.2. The van der Waals surface area contributed by atoms with Gasteiger partial charge in [-0.2, -0.15) is 0 Å². The fourth-order valence-electron chi connectivity index (χ4n) is 2.33. The zero-order valence-electron chi connectivity index (χ0n) is 13.2. The van der Waals surface area contributed by atoms with Crippen LogP contribution in [0, 0.1) is 0 Å². The molecule has 1 atom stereocenters. The molecule has 1 fully saturated rings. The lowest BCUT2D eigenvalue weighted by Gasteiger charge is -2.07. The zero-order valence-corrected chi connectivity index (χ0v) is 15.6. The molecule has 2 aromatic rings. The normalized spacial score (nSPS) is 18.7. The highest BCUT2D eigenvalue weighted by Gasteiger charge is 2.30. The summed E-state index contributed by atoms with van der Waals surface area (Å²) in [4.78, 5) is 16.6. The van der Waals surface area contributed by atoms with Crippen molar-refractivity contribution in [1.82, 2.24) is 5.32 Å². The van der Waals surface area contributed by atoms with Gasteiger partial charge in [0.15, 0.2) is 5.17 Å². The predicted octanol–water partition coefficient (Wildman–Crippen LogP) is 4.31. The second-order valence-electron chi connectivity index (χ2n) is 5.27. The molecule has 6 heteroatoms. The van der Waals surface area contributed by atoms with Crippen LogP contribution in [0.3, 0.4) is 0 Å². The van der Waals surface area contributed by atoms with Crippen LogP contribution in [-0.4, -0.2) is 22.9 Å². The minimum atomic E-state index is -0.155. The molecule has 1 aliphatic rings. The van der Waals surface area contributed by atoms with Gasteiger partial charge >= 0.3 is 0 Å². The van der Waals surface area contributed by atoms with Crippen LogP contribution < -0.4 is 10.1 Å². The first kappa shape index (κ1) is 17.0. The highest BCUT2D eigenvalue weighted by Crippen LogP contribution is 2.27. The minimum absolute atomic E-state index is 0.00439. The second-order valence-corrected chi connectivity index (χ2v) is 7.38. The Labute approximate surface area is 153 Å². The van der Waals surface area contributed by atoms with Gasteiger partial charge in [0, 0.05) is 4.47 Å². The van der Waals surface area contributed by atoms with Crippen molar-refractivity contribution in [1.29, 1.82) is 0 Å². The number of nitrogens with one attached hydrogen (secondary N) is 1. The molecule has 0 bridgehead atoms. The summed E-state index contributed by atoms with van der Waals surface area (Å²) in [7, 11) is 0. The van der Waals surface area contributed by atoms with Crippen LogP contribution in [0.2, 0.25) is 0 Å². The van der Waals surface area contributed by atoms with Crippen LogP contribution in [0.15, 0.2) is 58.0 Å². The summed E-state index contributed by atoms with van der Waals surface area (Å²) >= 11 is 4.87. The standard InChI is InChI=1S/C18H17BrN2O2S/c1-2-23-15-9-3-12(4-10-15)11-16-17(22)21-18(24-16)20-14-7-5-13(19)6-8-14/h3-10,16H,2,11H2,1H3,(H,20,21,22). The van der Waals surface area contributed by atoms with Gasteiger partial charge in [0.2, 0.25) is 5.91 Å². The third-order valence-corrected chi connectivity index (χ3v) is 5.10. The topological polar surface area (TPSA) is 50.7 Å². The van der Waals surface area contributed by atoms with E-state index in [-0.39, 0.29) is 11.2 Å². The summed E-state index contributed by atoms with van der Waals surface area (Å²) in [5.41, 5.74) is 1.93. The summed E-state index contributed by atoms with van der Waals surface area (Å²) in [5, 5.41) is 3.35. The van der Waals surface area contributed by atoms with Crippen LogP contribution in [0.4, 0.5) is 5.69 Å². The monoisotopic (exact) mass is 404 g/mol. The van der Waals surface area contributed by atoms with Gasteiger partial charge in [-0.25, -0.2) is 4.99 Å². The van der Waals surface area contributed by atoms with Gasteiger partial charge in [0.25, 0.3) is 0 Å². The number of hydrogen-bond donors (Lipinski definition) is 1. The summed E-state index contributed by atoms with van der Waals surface area (Å²) in [6, 6.07) is 15.6. The number of amides is 1. The number of halogens is 1. The molecule has 0 spiro atoms. The average molecular weight is 405 g/mol. The Hall–Kier alpha value is -1.79. The smallest absolute Gasteiger partial charge is 0.239 e. The van der Waals surface area contributed by atoms with E-state index in [2.05, 4.69) is 26.2 Å². The van der Waals surface area contributed by atoms with Gasteiger partial charge in [-0.15, -0.1) is 0 Å². The number of amidine groups is 1. The molecule has 0 radical (unpaired) electrons. The molecule has 124 valence electrons. The van der Waals surface area contributed by atoms with Crippen molar-refractivity contribution in [3.8, 4) is 5.75 Å². The number of hydrogen-bond acceptors (Lipinski definition) is 4. The minimum Gasteiger partial charge on any atom is -0.494 e. The Bertz CT molecular complexity index is 745. The molecule has 1 aliphatic heterocycles. The van der Waals surface area contributed by atoms with Crippen LogP contribution in [0.25, 0.3) is 0 Å². The molecule has 4 nitrogen and oxygen atoms in total. The van der Waals surface area contributed by atoms with Crippen molar-refractivity contribution in [3.05, 3.63) is 58.6 Å². The van der Waals surface area contributed by atoms with E-state index in [1.54, 1.807) is 0 Å². The third-order valence-electron chi connectivity index (χ3n) is 3.49. The van der Waals surface area contributed by atoms with Gasteiger partial charge in [-0.05, 0) is 55.3 Å². The molecular formula is C18H17BrN2O2S. The number of nitrogens with zero attached hydrogens (tertiary/aromatic N) is 1. The van der Waals surface area contributed by atoms with Gasteiger partial charge in [-0.3, -0.25) is 4.79 Å². The molecule has 24 heavy (non-hydrogen) atoms. The lowest BCUT2D eigenvalue weighted by molar-refractivity contribution is -0.118. The Balaban J connectivity index is 1.65. The van der Waals surface area contributed by atoms with E-state index in [1.807, 2.05) is 55.5 Å². The van der Waals surface area contributed by atoms with E-state index in [0.717, 1.165) is 21.5 Å². The summed E-state index contributed by atoms with van der Waals surface area (Å²) in [6.07, 6.45) is 0.669. The number of ether oxygens (including phenoxy) is 1. The first-order chi connectivity index (χ1) is 11.6. The molecule has 1 N–H and O–H groups in total. The quantitative estimate of drug-likeness (QED) is 0.807. The fourth-order valence-corrected chi connectivity index (χ4v) is 3.62. The van der Waals surface area contributed by atoms with Crippen LogP contribution in [0.5, 0.6) is 5.75 Å². The molecule has 0 saturated carbocycles. The largest absolute Gasteiger partial charge is 0.494 e. The average Bonchev–Trinajstić information content (AvgIpc) is 2.91. The van der Waals surface area contributed by atoms with E-state index in [1.165, 1.54) is 11.8 Å². The Morgan fingerprint density at radius 3 is 2.54 bits per heavy atom. The summed E-state index contributed by atoms with van der Waals surface area (Å²) in [6.45, 7) is 2.61. The first-order valence-corrected chi connectivity index (χ1v) is 9.35. The molecule has 1 saturated heterocycles. The number of carbonyl (C=O) groups excluding carboxylic acids is 1. The second kappa shape index (κ2) is 7.85. The highest BCUT2D eigenvalue weighted by atomic mass is 79.9. The van der Waals surface area contributed by atoms with Crippen LogP contribution in [-0.2, 0) is 11.2 Å². The highest BCUT2D eigenvalue weighted by molar-refractivity contribution is 9.10. The van der Waals surface area contributed by atoms with E-state index in [9.17, 15) is 4.79 Å². The summed E-state index contributed by atoms with van der Waals surface area (Å²) in [5.74, 6) is 0.854. The Morgan fingerprint density at radius 1 is 1.17 bits per heavy atom. The molecule has 1 unspecified atom stereocenters. The first-order valence-electron chi connectivity index (χ1n) is 7.67. The molecular weight excluding hydrogens is 388 g/mol. The van der Waals surface area contributed by atoms with E-state index < -0.39 is 0 Å². The van der Waals surface area contributed by atoms with Crippen molar-refractivity contribution in [2.24, 2.45) is 4.99 Å². The Kier molecular flexibility index (Phi) is 5.58. The molecule has 0 aliphatic carbocycles. The number of benzene rings is 2. The lowest BCUT2D eigenvalue weighted by atomic mass is 10.1. The van der Waals surface area contributed by atoms with Crippen LogP contribution in [0.1, 0.15) is 12.5 Å². The molecule has 2 aromatic carbocycles. The van der Waals surface area contributed by atoms with Crippen molar-refractivity contribution < 1.29 is 9.53 Å². The van der Waals surface area contributed by atoms with Crippen molar-refractivity contribution in [3.63, 3.8) is 0 Å². The van der Waals surface area contributed by atoms with Crippen molar-refractivity contribution in [2.45, 2.75) is 18.6 Å². The fraction of sp³-hybridized carbons (Fsp3) is 0.222. The molecule has 0 aromatic heterocycles. The third kappa shape index (κ3) is 4.39. The molecule has 3 rings (SSSR count). The van der Waals surface area contributed by atoms with Crippen LogP contribution >= 0.6 is 27.7 Å². The number of rotatable bonds is 5. The van der Waals surface area contributed by atoms with Gasteiger partial charge in [0.05, 0.1) is 17.5 Å². The SMILES string of the molecule is CCOc1ccc(CC2SC(=Nc3ccc(Br)cc3)NC2=O)cc1. The Morgan fingerprint density at radius 2 is 1.88 bits per heavy atom. The van der Waals surface area contributed by atoms with Gasteiger partial charge in [0.1, 0.15) is 5.75 Å². The van der Waals surface area contributed by atoms with E-state index in [4.69, 9.17) is 4.74 Å². The number of carbonyl (C=O) groups is 1. The lowest BCUT2D eigenvalue weighted by Crippen LogP contribution is -2.25.